The number of halogens is 1. The highest BCUT2D eigenvalue weighted by Gasteiger charge is 2.36. The molecule has 2 N–H and O–H groups in total. The molecule has 1 aromatic heterocycles. The lowest BCUT2D eigenvalue weighted by molar-refractivity contribution is 0.0925. The van der Waals surface area contributed by atoms with Gasteiger partial charge in [-0.15, -0.1) is 10.2 Å². The van der Waals surface area contributed by atoms with Crippen LogP contribution in [0, 0.1) is 0 Å². The van der Waals surface area contributed by atoms with Crippen LogP contribution < -0.4 is 4.90 Å². The molecule has 3 aromatic carbocycles. The second-order valence-corrected chi connectivity index (χ2v) is 7.97. The number of carbonyl (C=O) groups is 3. The molecule has 1 aliphatic rings. The molecule has 0 aliphatic carbocycles. The van der Waals surface area contributed by atoms with E-state index in [9.17, 15) is 19.5 Å². The topological polar surface area (TPSA) is 115 Å². The van der Waals surface area contributed by atoms with Crippen molar-refractivity contribution in [1.82, 2.24) is 4.98 Å². The monoisotopic (exact) mass is 488 g/mol. The number of imide groups is 1. The lowest BCUT2D eigenvalue weighted by Crippen LogP contribution is -2.29. The Balaban J connectivity index is 1.39. The molecule has 0 fully saturated rings. The molecule has 32 heavy (non-hydrogen) atoms. The minimum absolute atomic E-state index is 0.150. The lowest BCUT2D eigenvalue weighted by atomic mass is 10.1. The molecule has 1 aliphatic heterocycles. The van der Waals surface area contributed by atoms with Gasteiger partial charge in [0.05, 0.1) is 22.3 Å². The standard InChI is InChI=1S/C23H13BrN4O4/c24-13-7-10-18-17(11-13)19(21(30)25-18)26-27-20(29)12-5-8-14(9-6-12)28-22(31)15-3-1-2-4-16(15)23(28)32/h1-11,25,30H. The number of nitrogens with one attached hydrogen (secondary N) is 1. The van der Waals surface area contributed by atoms with E-state index < -0.39 is 17.7 Å². The highest BCUT2D eigenvalue weighted by molar-refractivity contribution is 9.10. The Morgan fingerprint density at radius 3 is 2.25 bits per heavy atom. The Labute approximate surface area is 189 Å². The molecule has 4 aromatic rings. The van der Waals surface area contributed by atoms with Crippen LogP contribution in [0.25, 0.3) is 10.9 Å². The number of fused-ring (bicyclic) bond motifs is 2. The van der Waals surface area contributed by atoms with Crippen molar-refractivity contribution in [2.45, 2.75) is 0 Å². The molecule has 0 unspecified atom stereocenters. The average Bonchev–Trinajstić information content (AvgIpc) is 3.25. The zero-order valence-corrected chi connectivity index (χ0v) is 17.8. The summed E-state index contributed by atoms with van der Waals surface area (Å²) in [4.78, 5) is 41.5. The number of rotatable bonds is 3. The van der Waals surface area contributed by atoms with E-state index in [4.69, 9.17) is 0 Å². The van der Waals surface area contributed by atoms with Crippen LogP contribution in [0.5, 0.6) is 5.88 Å². The van der Waals surface area contributed by atoms with Crippen molar-refractivity contribution in [2.24, 2.45) is 10.2 Å². The van der Waals surface area contributed by atoms with Crippen molar-refractivity contribution in [3.8, 4) is 5.88 Å². The van der Waals surface area contributed by atoms with Gasteiger partial charge in [-0.1, -0.05) is 28.1 Å². The van der Waals surface area contributed by atoms with Crippen LogP contribution in [0.1, 0.15) is 31.1 Å². The van der Waals surface area contributed by atoms with Gasteiger partial charge in [-0.05, 0) is 54.6 Å². The number of aromatic nitrogens is 1. The van der Waals surface area contributed by atoms with Crippen molar-refractivity contribution < 1.29 is 19.5 Å². The summed E-state index contributed by atoms with van der Waals surface area (Å²) >= 11 is 3.36. The molecule has 2 heterocycles. The summed E-state index contributed by atoms with van der Waals surface area (Å²) in [5.74, 6) is -1.66. The number of carbonyl (C=O) groups excluding carboxylic acids is 3. The van der Waals surface area contributed by atoms with Crippen LogP contribution in [0.4, 0.5) is 11.4 Å². The summed E-state index contributed by atoms with van der Waals surface area (Å²) in [5.41, 5.74) is 2.06. The van der Waals surface area contributed by atoms with Gasteiger partial charge in [0.15, 0.2) is 5.69 Å². The number of aromatic amines is 1. The first-order valence-corrected chi connectivity index (χ1v) is 10.3. The first-order valence-electron chi connectivity index (χ1n) is 9.48. The first kappa shape index (κ1) is 19.8. The van der Waals surface area contributed by atoms with Gasteiger partial charge >= 0.3 is 0 Å². The van der Waals surface area contributed by atoms with Gasteiger partial charge in [0, 0.05) is 15.4 Å². The summed E-state index contributed by atoms with van der Waals surface area (Å²) in [6.45, 7) is 0. The maximum absolute atomic E-state index is 12.6. The fourth-order valence-electron chi connectivity index (χ4n) is 3.57. The minimum atomic E-state index is -0.636. The third-order valence-electron chi connectivity index (χ3n) is 5.12. The smallest absolute Gasteiger partial charge is 0.295 e. The summed E-state index contributed by atoms with van der Waals surface area (Å²) in [6, 6.07) is 17.9. The summed E-state index contributed by atoms with van der Waals surface area (Å²) in [7, 11) is 0. The Morgan fingerprint density at radius 1 is 0.938 bits per heavy atom. The van der Waals surface area contributed by atoms with Crippen molar-refractivity contribution in [1.29, 1.82) is 0 Å². The number of amides is 3. The Morgan fingerprint density at radius 2 is 1.59 bits per heavy atom. The summed E-state index contributed by atoms with van der Waals surface area (Å²) in [6.07, 6.45) is 0. The number of hydrogen-bond donors (Lipinski definition) is 2. The highest BCUT2D eigenvalue weighted by Crippen LogP contribution is 2.37. The molecule has 0 spiro atoms. The number of nitrogens with zero attached hydrogens (tertiary/aromatic N) is 3. The van der Waals surface area contributed by atoms with E-state index in [0.29, 0.717) is 27.7 Å². The van der Waals surface area contributed by atoms with Crippen molar-refractivity contribution in [3.63, 3.8) is 0 Å². The second-order valence-electron chi connectivity index (χ2n) is 7.06. The maximum atomic E-state index is 12.6. The maximum Gasteiger partial charge on any atom is 0.295 e. The molecule has 0 saturated carbocycles. The van der Waals surface area contributed by atoms with Crippen molar-refractivity contribution in [2.75, 3.05) is 4.90 Å². The van der Waals surface area contributed by atoms with Gasteiger partial charge < -0.3 is 10.1 Å². The number of anilines is 1. The van der Waals surface area contributed by atoms with Crippen LogP contribution in [-0.2, 0) is 0 Å². The van der Waals surface area contributed by atoms with Crippen LogP contribution in [0.15, 0.2) is 81.4 Å². The molecule has 0 atom stereocenters. The number of azo groups is 1. The SMILES string of the molecule is O=C(N=Nc1c(O)[nH]c2ccc(Br)cc12)c1ccc(N2C(=O)c3ccccc3C2=O)cc1. The Kier molecular flexibility index (Phi) is 4.67. The summed E-state index contributed by atoms with van der Waals surface area (Å²) < 4.78 is 0.788. The van der Waals surface area contributed by atoms with E-state index >= 15 is 0 Å². The minimum Gasteiger partial charge on any atom is -0.493 e. The van der Waals surface area contributed by atoms with Crippen LogP contribution in [-0.4, -0.2) is 27.8 Å². The highest BCUT2D eigenvalue weighted by atomic mass is 79.9. The molecule has 0 radical (unpaired) electrons. The number of benzene rings is 3. The molecule has 0 bridgehead atoms. The molecule has 5 rings (SSSR count). The fraction of sp³-hybridized carbons (Fsp3) is 0. The first-order chi connectivity index (χ1) is 15.4. The fourth-order valence-corrected chi connectivity index (χ4v) is 3.93. The van der Waals surface area contributed by atoms with E-state index in [1.54, 1.807) is 42.5 Å². The van der Waals surface area contributed by atoms with E-state index in [0.717, 1.165) is 9.37 Å². The van der Waals surface area contributed by atoms with E-state index in [1.807, 2.05) is 0 Å². The van der Waals surface area contributed by atoms with Crippen LogP contribution >= 0.6 is 15.9 Å². The van der Waals surface area contributed by atoms with Gasteiger partial charge in [-0.2, -0.15) is 0 Å². The lowest BCUT2D eigenvalue weighted by Gasteiger charge is -2.13. The predicted molar refractivity (Wildman–Crippen MR) is 121 cm³/mol. The van der Waals surface area contributed by atoms with Crippen molar-refractivity contribution in [3.05, 3.63) is 87.9 Å². The number of aromatic hydroxyl groups is 1. The van der Waals surface area contributed by atoms with Crippen LogP contribution in [0.3, 0.4) is 0 Å². The molecule has 0 saturated heterocycles. The zero-order valence-electron chi connectivity index (χ0n) is 16.2. The summed E-state index contributed by atoms with van der Waals surface area (Å²) in [5, 5.41) is 18.3. The Hall–Kier alpha value is -4.11. The van der Waals surface area contributed by atoms with Gasteiger partial charge in [-0.3, -0.25) is 14.4 Å². The molecule has 3 amide bonds. The average molecular weight is 489 g/mol. The predicted octanol–water partition coefficient (Wildman–Crippen LogP) is 5.36. The molecular formula is C23H13BrN4O4. The normalized spacial score (nSPS) is 13.3. The Bertz CT molecular complexity index is 1420. The molecule has 9 heteroatoms. The largest absolute Gasteiger partial charge is 0.493 e. The molecular weight excluding hydrogens is 476 g/mol. The van der Waals surface area contributed by atoms with E-state index in [-0.39, 0.29) is 17.1 Å². The van der Waals surface area contributed by atoms with Gasteiger partial charge in [0.25, 0.3) is 17.7 Å². The zero-order chi connectivity index (χ0) is 22.4. The third kappa shape index (κ3) is 3.19. The van der Waals surface area contributed by atoms with Gasteiger partial charge in [0.1, 0.15) is 0 Å². The molecule has 156 valence electrons. The second kappa shape index (κ2) is 7.54. The van der Waals surface area contributed by atoms with Crippen molar-refractivity contribution >= 4 is 55.9 Å². The number of hydrogen-bond acceptors (Lipinski definition) is 5. The van der Waals surface area contributed by atoms with Gasteiger partial charge in [-0.25, -0.2) is 4.90 Å². The van der Waals surface area contributed by atoms with Crippen LogP contribution in [0.2, 0.25) is 0 Å². The molecule has 8 nitrogen and oxygen atoms in total. The van der Waals surface area contributed by atoms with E-state index in [2.05, 4.69) is 31.1 Å². The van der Waals surface area contributed by atoms with Gasteiger partial charge in [0.2, 0.25) is 5.88 Å². The van der Waals surface area contributed by atoms with E-state index in [1.165, 1.54) is 24.3 Å². The third-order valence-corrected chi connectivity index (χ3v) is 5.61. The quantitative estimate of drug-likeness (QED) is 0.298. The number of H-pyrrole nitrogens is 1.